The van der Waals surface area contributed by atoms with Crippen LogP contribution in [0.3, 0.4) is 0 Å². The number of rotatable bonds is 9. The van der Waals surface area contributed by atoms with Crippen molar-refractivity contribution >= 4 is 17.8 Å². The summed E-state index contributed by atoms with van der Waals surface area (Å²) in [5.41, 5.74) is 0.742. The van der Waals surface area contributed by atoms with E-state index in [4.69, 9.17) is 14.9 Å². The fraction of sp³-hybridized carbons (Fsp3) is 0.654. The van der Waals surface area contributed by atoms with Gasteiger partial charge >= 0.3 is 0 Å². The number of carbonyl (C=O) groups excluding carboxylic acids is 2. The lowest BCUT2D eigenvalue weighted by Gasteiger charge is -2.32. The van der Waals surface area contributed by atoms with Gasteiger partial charge in [-0.15, -0.1) is 0 Å². The van der Waals surface area contributed by atoms with E-state index in [-0.39, 0.29) is 30.2 Å². The van der Waals surface area contributed by atoms with Gasteiger partial charge in [-0.1, -0.05) is 38.2 Å². The van der Waals surface area contributed by atoms with Crippen LogP contribution in [0.15, 0.2) is 18.2 Å². The number of benzene rings is 1. The quantitative estimate of drug-likeness (QED) is 0.314. The van der Waals surface area contributed by atoms with Gasteiger partial charge in [0.2, 0.25) is 11.8 Å². The highest BCUT2D eigenvalue weighted by Crippen LogP contribution is 2.28. The molecule has 2 fully saturated rings. The van der Waals surface area contributed by atoms with Crippen molar-refractivity contribution in [1.82, 2.24) is 20.9 Å². The zero-order valence-electron chi connectivity index (χ0n) is 21.3. The molecular weight excluding hydrogens is 446 g/mol. The van der Waals surface area contributed by atoms with E-state index in [2.05, 4.69) is 27.9 Å². The topological polar surface area (TPSA) is 116 Å². The van der Waals surface area contributed by atoms with Crippen molar-refractivity contribution in [2.45, 2.75) is 69.9 Å². The molecule has 1 aliphatic heterocycles. The molecule has 1 aromatic rings. The first-order valence-corrected chi connectivity index (χ1v) is 12.7. The molecule has 0 spiro atoms. The van der Waals surface area contributed by atoms with Crippen LogP contribution in [0.2, 0.25) is 0 Å². The zero-order valence-corrected chi connectivity index (χ0v) is 21.3. The molecule has 9 nitrogen and oxygen atoms in total. The second-order valence-corrected chi connectivity index (χ2v) is 9.81. The van der Waals surface area contributed by atoms with E-state index >= 15 is 0 Å². The minimum absolute atomic E-state index is 0.0796. The number of hydrogen-bond acceptors (Lipinski definition) is 6. The number of methoxy groups -OCH3 is 2. The Labute approximate surface area is 208 Å². The number of nitrogens with one attached hydrogen (secondary N) is 4. The third-order valence-electron chi connectivity index (χ3n) is 7.07. The van der Waals surface area contributed by atoms with Crippen LogP contribution in [-0.2, 0) is 16.0 Å². The highest BCUT2D eigenvalue weighted by molar-refractivity contribution is 5.98. The van der Waals surface area contributed by atoms with Crippen molar-refractivity contribution < 1.29 is 19.1 Å². The Balaban J connectivity index is 1.57. The average Bonchev–Trinajstić information content (AvgIpc) is 2.85. The van der Waals surface area contributed by atoms with E-state index in [1.165, 1.54) is 19.3 Å². The summed E-state index contributed by atoms with van der Waals surface area (Å²) in [6.07, 6.45) is 8.46. The fourth-order valence-corrected chi connectivity index (χ4v) is 5.01. The van der Waals surface area contributed by atoms with E-state index in [1.807, 2.05) is 0 Å². The second kappa shape index (κ2) is 13.3. The lowest BCUT2D eigenvalue weighted by Crippen LogP contribution is -2.55. The minimum Gasteiger partial charge on any atom is -0.493 e. The summed E-state index contributed by atoms with van der Waals surface area (Å²) in [7, 11) is 5.20. The lowest BCUT2D eigenvalue weighted by molar-refractivity contribution is -0.124. The predicted molar refractivity (Wildman–Crippen MR) is 136 cm³/mol. The summed E-state index contributed by atoms with van der Waals surface area (Å²) in [6, 6.07) is 4.91. The van der Waals surface area contributed by atoms with Crippen molar-refractivity contribution in [3.05, 3.63) is 23.8 Å². The number of guanidine groups is 1. The van der Waals surface area contributed by atoms with E-state index in [0.717, 1.165) is 44.3 Å². The number of ether oxygens (including phenoxy) is 2. The normalized spacial score (nSPS) is 18.4. The number of piperidine rings is 1. The van der Waals surface area contributed by atoms with Crippen LogP contribution < -0.4 is 25.4 Å². The van der Waals surface area contributed by atoms with Crippen LogP contribution >= 0.6 is 0 Å². The first kappa shape index (κ1) is 26.8. The fourth-order valence-electron chi connectivity index (χ4n) is 5.01. The molecule has 0 unspecified atom stereocenters. The highest BCUT2D eigenvalue weighted by Gasteiger charge is 2.28. The molecule has 194 valence electrons. The Bertz CT molecular complexity index is 863. The molecule has 4 N–H and O–H groups in total. The molecular formula is C26H41N5O4. The zero-order chi connectivity index (χ0) is 25.2. The van der Waals surface area contributed by atoms with Crippen LogP contribution in [0.5, 0.6) is 11.5 Å². The predicted octanol–water partition coefficient (Wildman–Crippen LogP) is 2.44. The Morgan fingerprint density at radius 2 is 1.74 bits per heavy atom. The van der Waals surface area contributed by atoms with Crippen molar-refractivity contribution in [2.24, 2.45) is 5.92 Å². The third-order valence-corrected chi connectivity index (χ3v) is 7.07. The lowest BCUT2D eigenvalue weighted by atomic mass is 9.84. The largest absolute Gasteiger partial charge is 0.493 e. The maximum absolute atomic E-state index is 13.2. The maximum Gasteiger partial charge on any atom is 0.242 e. The SMILES string of the molecule is COc1ccc(CC(=O)NC(=N)N[C@H](CC2CCCCC2)C(=O)NC2CCN(C)CC2)cc1OC. The number of amides is 2. The van der Waals surface area contributed by atoms with Crippen LogP contribution in [0.4, 0.5) is 0 Å². The number of nitrogens with zero attached hydrogens (tertiary/aromatic N) is 1. The van der Waals surface area contributed by atoms with Crippen LogP contribution in [-0.4, -0.2) is 69.1 Å². The highest BCUT2D eigenvalue weighted by atomic mass is 16.5. The number of carbonyl (C=O) groups is 2. The summed E-state index contributed by atoms with van der Waals surface area (Å²) >= 11 is 0. The number of likely N-dealkylation sites (tertiary alicyclic amines) is 1. The van der Waals surface area contributed by atoms with Crippen LogP contribution in [0.25, 0.3) is 0 Å². The molecule has 2 amide bonds. The van der Waals surface area contributed by atoms with Gasteiger partial charge in [0.25, 0.3) is 0 Å². The van der Waals surface area contributed by atoms with Gasteiger partial charge < -0.3 is 25.0 Å². The first-order chi connectivity index (χ1) is 16.9. The Kier molecular flexibility index (Phi) is 10.2. The first-order valence-electron chi connectivity index (χ1n) is 12.7. The molecule has 1 atom stereocenters. The molecule has 1 aliphatic carbocycles. The number of hydrogen-bond donors (Lipinski definition) is 4. The third kappa shape index (κ3) is 8.42. The summed E-state index contributed by atoms with van der Waals surface area (Å²) in [4.78, 5) is 28.1. The second-order valence-electron chi connectivity index (χ2n) is 9.81. The molecule has 1 heterocycles. The van der Waals surface area contributed by atoms with Gasteiger partial charge in [0.1, 0.15) is 6.04 Å². The van der Waals surface area contributed by atoms with Crippen molar-refractivity contribution in [3.63, 3.8) is 0 Å². The van der Waals surface area contributed by atoms with Gasteiger partial charge in [-0.25, -0.2) is 0 Å². The molecule has 1 saturated heterocycles. The summed E-state index contributed by atoms with van der Waals surface area (Å²) in [6.45, 7) is 1.93. The van der Waals surface area contributed by atoms with Gasteiger partial charge in [-0.2, -0.15) is 0 Å². The van der Waals surface area contributed by atoms with Gasteiger partial charge in [-0.05, 0) is 63.0 Å². The Morgan fingerprint density at radius 1 is 1.06 bits per heavy atom. The smallest absolute Gasteiger partial charge is 0.242 e. The standard InChI is InChI=1S/C26H41N5O4/c1-31-13-11-20(12-14-31)28-25(33)21(15-18-7-5-4-6-8-18)29-26(27)30-24(32)17-19-9-10-22(34-2)23(16-19)35-3/h9-10,16,18,20-21H,4-8,11-15,17H2,1-3H3,(H,28,33)(H3,27,29,30,32)/t21-/m1/s1. The molecule has 1 aromatic carbocycles. The monoisotopic (exact) mass is 487 g/mol. The molecule has 0 bridgehead atoms. The molecule has 1 saturated carbocycles. The maximum atomic E-state index is 13.2. The van der Waals surface area contributed by atoms with Crippen LogP contribution in [0.1, 0.15) is 56.9 Å². The summed E-state index contributed by atoms with van der Waals surface area (Å²) in [5, 5.41) is 17.1. The van der Waals surface area contributed by atoms with Crippen molar-refractivity contribution in [1.29, 1.82) is 5.41 Å². The molecule has 35 heavy (non-hydrogen) atoms. The molecule has 3 rings (SSSR count). The van der Waals surface area contributed by atoms with Gasteiger partial charge in [-0.3, -0.25) is 20.3 Å². The van der Waals surface area contributed by atoms with E-state index in [1.54, 1.807) is 32.4 Å². The Morgan fingerprint density at radius 3 is 2.40 bits per heavy atom. The van der Waals surface area contributed by atoms with E-state index < -0.39 is 6.04 Å². The van der Waals surface area contributed by atoms with Crippen LogP contribution in [0, 0.1) is 11.3 Å². The van der Waals surface area contributed by atoms with Crippen molar-refractivity contribution in [2.75, 3.05) is 34.4 Å². The molecule has 9 heteroatoms. The minimum atomic E-state index is -0.536. The van der Waals surface area contributed by atoms with Crippen molar-refractivity contribution in [3.8, 4) is 11.5 Å². The summed E-state index contributed by atoms with van der Waals surface area (Å²) in [5.74, 6) is 1.04. The molecule has 2 aliphatic rings. The Hall–Kier alpha value is -2.81. The molecule has 0 aromatic heterocycles. The van der Waals surface area contributed by atoms with Gasteiger partial charge in [0.15, 0.2) is 17.5 Å². The van der Waals surface area contributed by atoms with Gasteiger partial charge in [0.05, 0.1) is 20.6 Å². The van der Waals surface area contributed by atoms with E-state index in [9.17, 15) is 9.59 Å². The molecule has 0 radical (unpaired) electrons. The average molecular weight is 488 g/mol. The van der Waals surface area contributed by atoms with E-state index in [0.29, 0.717) is 23.8 Å². The summed E-state index contributed by atoms with van der Waals surface area (Å²) < 4.78 is 10.5. The van der Waals surface area contributed by atoms with Gasteiger partial charge in [0, 0.05) is 6.04 Å².